The van der Waals surface area contributed by atoms with Gasteiger partial charge in [-0.05, 0) is 27.2 Å². The van der Waals surface area contributed by atoms with Crippen molar-refractivity contribution in [3.8, 4) is 6.07 Å². The molecule has 0 aliphatic carbocycles. The lowest BCUT2D eigenvalue weighted by molar-refractivity contribution is 0.0255. The zero-order valence-electron chi connectivity index (χ0n) is 12.0. The lowest BCUT2D eigenvalue weighted by Gasteiger charge is -2.25. The van der Waals surface area contributed by atoms with Crippen LogP contribution in [0, 0.1) is 11.3 Å². The van der Waals surface area contributed by atoms with E-state index in [1.807, 2.05) is 20.8 Å². The van der Waals surface area contributed by atoms with Crippen LogP contribution >= 0.6 is 0 Å². The molecule has 0 aromatic heterocycles. The molecule has 106 valence electrons. The molecule has 0 radical (unpaired) electrons. The number of hydrogen-bond acceptors (Lipinski definition) is 5. The van der Waals surface area contributed by atoms with E-state index in [0.29, 0.717) is 33.0 Å². The van der Waals surface area contributed by atoms with Crippen molar-refractivity contribution < 1.29 is 14.2 Å². The van der Waals surface area contributed by atoms with Gasteiger partial charge in [0.05, 0.1) is 25.9 Å². The van der Waals surface area contributed by atoms with Gasteiger partial charge >= 0.3 is 0 Å². The minimum absolute atomic E-state index is 0.253. The molecular weight excluding hydrogens is 232 g/mol. The second-order valence-corrected chi connectivity index (χ2v) is 4.75. The summed E-state index contributed by atoms with van der Waals surface area (Å²) in [5.74, 6) is 0. The molecule has 0 spiro atoms. The molecule has 0 saturated heterocycles. The molecule has 1 unspecified atom stereocenters. The molecule has 5 nitrogen and oxygen atoms in total. The molecule has 1 atom stereocenters. The Morgan fingerprint density at radius 1 is 1.17 bits per heavy atom. The van der Waals surface area contributed by atoms with E-state index in [2.05, 4.69) is 11.4 Å². The first-order valence-corrected chi connectivity index (χ1v) is 6.37. The van der Waals surface area contributed by atoms with Crippen molar-refractivity contribution in [1.82, 2.24) is 5.32 Å². The monoisotopic (exact) mass is 258 g/mol. The van der Waals surface area contributed by atoms with Crippen molar-refractivity contribution in [3.05, 3.63) is 0 Å². The molecule has 0 aliphatic heterocycles. The Balaban J connectivity index is 3.54. The summed E-state index contributed by atoms with van der Waals surface area (Å²) in [4.78, 5) is 0. The zero-order valence-corrected chi connectivity index (χ0v) is 12.0. The van der Waals surface area contributed by atoms with Crippen LogP contribution in [0.1, 0.15) is 27.2 Å². The van der Waals surface area contributed by atoms with Crippen LogP contribution in [-0.4, -0.2) is 51.7 Å². The second kappa shape index (κ2) is 10.3. The summed E-state index contributed by atoms with van der Waals surface area (Å²) in [6.45, 7) is 8.66. The largest absolute Gasteiger partial charge is 0.385 e. The van der Waals surface area contributed by atoms with E-state index in [4.69, 9.17) is 19.5 Å². The molecule has 1 N–H and O–H groups in total. The van der Waals surface area contributed by atoms with Gasteiger partial charge < -0.3 is 14.2 Å². The summed E-state index contributed by atoms with van der Waals surface area (Å²) < 4.78 is 15.7. The van der Waals surface area contributed by atoms with Crippen LogP contribution in [0.3, 0.4) is 0 Å². The summed E-state index contributed by atoms with van der Waals surface area (Å²) in [5.41, 5.74) is -0.635. The van der Waals surface area contributed by atoms with Gasteiger partial charge in [0.2, 0.25) is 0 Å². The summed E-state index contributed by atoms with van der Waals surface area (Å²) in [6.07, 6.45) is 0.890. The Morgan fingerprint density at radius 2 is 1.83 bits per heavy atom. The van der Waals surface area contributed by atoms with E-state index >= 15 is 0 Å². The summed E-state index contributed by atoms with van der Waals surface area (Å²) in [6, 6.07) is 2.49. The smallest absolute Gasteiger partial charge is 0.127 e. The molecule has 0 aromatic rings. The number of ether oxygens (including phenoxy) is 3. The molecule has 0 bridgehead atoms. The maximum absolute atomic E-state index is 9.10. The topological polar surface area (TPSA) is 63.5 Å². The second-order valence-electron chi connectivity index (χ2n) is 4.75. The Hall–Kier alpha value is -0.670. The van der Waals surface area contributed by atoms with Gasteiger partial charge in [0.15, 0.2) is 0 Å². The van der Waals surface area contributed by atoms with Crippen LogP contribution in [0.25, 0.3) is 0 Å². The average molecular weight is 258 g/mol. The highest BCUT2D eigenvalue weighted by atomic mass is 16.5. The van der Waals surface area contributed by atoms with Gasteiger partial charge in [-0.1, -0.05) is 0 Å². The van der Waals surface area contributed by atoms with E-state index in [1.54, 1.807) is 7.11 Å². The van der Waals surface area contributed by atoms with E-state index < -0.39 is 5.54 Å². The molecule has 0 amide bonds. The first kappa shape index (κ1) is 17.3. The minimum atomic E-state index is -0.635. The van der Waals surface area contributed by atoms with Crippen molar-refractivity contribution in [3.63, 3.8) is 0 Å². The summed E-state index contributed by atoms with van der Waals surface area (Å²) in [7, 11) is 1.67. The van der Waals surface area contributed by atoms with Gasteiger partial charge in [0.1, 0.15) is 5.54 Å². The molecule has 0 saturated carbocycles. The van der Waals surface area contributed by atoms with Gasteiger partial charge in [-0.2, -0.15) is 5.26 Å². The van der Waals surface area contributed by atoms with Gasteiger partial charge in [-0.3, -0.25) is 5.32 Å². The number of methoxy groups -OCH3 is 1. The molecule has 0 rings (SSSR count). The molecule has 0 aliphatic rings. The van der Waals surface area contributed by atoms with Crippen molar-refractivity contribution in [1.29, 1.82) is 5.26 Å². The predicted octanol–water partition coefficient (Wildman–Crippen LogP) is 1.34. The maximum atomic E-state index is 9.10. The van der Waals surface area contributed by atoms with Crippen LogP contribution in [-0.2, 0) is 14.2 Å². The van der Waals surface area contributed by atoms with Gasteiger partial charge in [-0.15, -0.1) is 0 Å². The first-order valence-electron chi connectivity index (χ1n) is 6.37. The standard InChI is InChI=1S/C13H26N2O3/c1-12(2)15-13(3,10-14)11-18-9-8-17-7-5-6-16-4/h12,15H,5-9,11H2,1-4H3. The Morgan fingerprint density at radius 3 is 2.39 bits per heavy atom. The third-order valence-electron chi connectivity index (χ3n) is 2.25. The SMILES string of the molecule is COCCCOCCOCC(C)(C#N)NC(C)C. The molecular formula is C13H26N2O3. The van der Waals surface area contributed by atoms with Crippen molar-refractivity contribution in [2.75, 3.05) is 40.1 Å². The quantitative estimate of drug-likeness (QED) is 0.567. The average Bonchev–Trinajstić information content (AvgIpc) is 2.32. The van der Waals surface area contributed by atoms with Crippen LogP contribution in [0.15, 0.2) is 0 Å². The van der Waals surface area contributed by atoms with E-state index in [9.17, 15) is 0 Å². The van der Waals surface area contributed by atoms with Gasteiger partial charge in [0, 0.05) is 26.4 Å². The highest BCUT2D eigenvalue weighted by molar-refractivity contribution is 5.04. The van der Waals surface area contributed by atoms with Crippen LogP contribution in [0.2, 0.25) is 0 Å². The zero-order chi connectivity index (χ0) is 13.9. The molecule has 18 heavy (non-hydrogen) atoms. The lowest BCUT2D eigenvalue weighted by atomic mass is 10.1. The van der Waals surface area contributed by atoms with Crippen molar-refractivity contribution in [2.24, 2.45) is 0 Å². The molecule has 0 heterocycles. The van der Waals surface area contributed by atoms with Gasteiger partial charge in [-0.25, -0.2) is 0 Å². The fourth-order valence-corrected chi connectivity index (χ4v) is 1.54. The summed E-state index contributed by atoms with van der Waals surface area (Å²) >= 11 is 0. The Labute approximate surface area is 110 Å². The minimum Gasteiger partial charge on any atom is -0.385 e. The highest BCUT2D eigenvalue weighted by Gasteiger charge is 2.24. The highest BCUT2D eigenvalue weighted by Crippen LogP contribution is 2.04. The van der Waals surface area contributed by atoms with Crippen LogP contribution < -0.4 is 5.32 Å². The van der Waals surface area contributed by atoms with E-state index in [1.165, 1.54) is 0 Å². The van der Waals surface area contributed by atoms with E-state index in [0.717, 1.165) is 6.42 Å². The first-order chi connectivity index (χ1) is 8.54. The van der Waals surface area contributed by atoms with Crippen molar-refractivity contribution in [2.45, 2.75) is 38.8 Å². The number of nitrogens with one attached hydrogen (secondary N) is 1. The predicted molar refractivity (Wildman–Crippen MR) is 70.4 cm³/mol. The maximum Gasteiger partial charge on any atom is 0.127 e. The number of nitrogens with zero attached hydrogens (tertiary/aromatic N) is 1. The molecule has 0 aromatic carbocycles. The van der Waals surface area contributed by atoms with Gasteiger partial charge in [0.25, 0.3) is 0 Å². The van der Waals surface area contributed by atoms with Crippen LogP contribution in [0.4, 0.5) is 0 Å². The van der Waals surface area contributed by atoms with Crippen molar-refractivity contribution >= 4 is 0 Å². The Bertz CT molecular complexity index is 241. The van der Waals surface area contributed by atoms with Crippen LogP contribution in [0.5, 0.6) is 0 Å². The van der Waals surface area contributed by atoms with E-state index in [-0.39, 0.29) is 6.04 Å². The number of nitriles is 1. The number of hydrogen-bond donors (Lipinski definition) is 1. The number of rotatable bonds is 11. The normalized spacial score (nSPS) is 14.4. The third-order valence-corrected chi connectivity index (χ3v) is 2.25. The lowest BCUT2D eigenvalue weighted by Crippen LogP contribution is -2.48. The fourth-order valence-electron chi connectivity index (χ4n) is 1.54. The third kappa shape index (κ3) is 9.37. The summed E-state index contributed by atoms with van der Waals surface area (Å²) in [5, 5.41) is 12.3. The molecule has 0 fully saturated rings. The Kier molecular flexibility index (Phi) is 9.89. The molecule has 5 heteroatoms. The fraction of sp³-hybridized carbons (Fsp3) is 0.923.